The molecule has 1 aliphatic rings. The van der Waals surface area contributed by atoms with Crippen LogP contribution in [0, 0.1) is 0 Å². The van der Waals surface area contributed by atoms with Crippen LogP contribution in [0.1, 0.15) is 48.9 Å². The number of fused-ring (bicyclic) bond motifs is 3. The lowest BCUT2D eigenvalue weighted by Gasteiger charge is -2.14. The molecule has 7 nitrogen and oxygen atoms in total. The first-order valence-corrected chi connectivity index (χ1v) is 11.0. The monoisotopic (exact) mass is 436 g/mol. The van der Waals surface area contributed by atoms with E-state index in [1.807, 2.05) is 43.3 Å². The molecule has 3 N–H and O–H groups in total. The Morgan fingerprint density at radius 2 is 1.97 bits per heavy atom. The number of carbonyl (C=O) groups is 2. The molecule has 0 fully saturated rings. The first kappa shape index (κ1) is 21.7. The summed E-state index contributed by atoms with van der Waals surface area (Å²) in [7, 11) is 0. The summed E-state index contributed by atoms with van der Waals surface area (Å²) in [6.07, 6.45) is 3.35. The third-order valence-corrected chi connectivity index (χ3v) is 5.95. The molecule has 3 aromatic rings. The second-order valence-electron chi connectivity index (χ2n) is 8.06. The van der Waals surface area contributed by atoms with Crippen LogP contribution in [0.4, 0.5) is 0 Å². The first-order valence-electron chi connectivity index (χ1n) is 11.0. The normalized spacial score (nSPS) is 15.7. The number of primary amides is 1. The second-order valence-corrected chi connectivity index (χ2v) is 8.06. The van der Waals surface area contributed by atoms with Gasteiger partial charge in [0.05, 0.1) is 18.0 Å². The van der Waals surface area contributed by atoms with Crippen molar-refractivity contribution in [3.05, 3.63) is 59.3 Å². The van der Waals surface area contributed by atoms with E-state index in [-0.39, 0.29) is 5.91 Å². The van der Waals surface area contributed by atoms with Crippen LogP contribution in [0.5, 0.6) is 11.5 Å². The molecule has 0 saturated carbocycles. The van der Waals surface area contributed by atoms with Gasteiger partial charge in [0, 0.05) is 17.6 Å². The summed E-state index contributed by atoms with van der Waals surface area (Å²) in [5, 5.41) is 9.91. The van der Waals surface area contributed by atoms with Crippen LogP contribution in [0.25, 0.3) is 10.9 Å². The van der Waals surface area contributed by atoms with Gasteiger partial charge in [0.2, 0.25) is 5.91 Å². The lowest BCUT2D eigenvalue weighted by Crippen LogP contribution is -2.21. The Morgan fingerprint density at radius 3 is 2.72 bits per heavy atom. The van der Waals surface area contributed by atoms with Gasteiger partial charge in [0.1, 0.15) is 11.5 Å². The zero-order chi connectivity index (χ0) is 22.7. The largest absolute Gasteiger partial charge is 0.494 e. The highest BCUT2D eigenvalue weighted by Gasteiger charge is 2.31. The Balaban J connectivity index is 1.90. The molecular formula is C25H28N2O5. The zero-order valence-electron chi connectivity index (χ0n) is 18.2. The molecule has 4 rings (SSSR count). The number of hydrogen-bond donors (Lipinski definition) is 2. The fourth-order valence-electron chi connectivity index (χ4n) is 4.69. The highest BCUT2D eigenvalue weighted by atomic mass is 16.5. The molecule has 0 radical (unpaired) electrons. The minimum atomic E-state index is -1.05. The average molecular weight is 437 g/mol. The molecule has 1 heterocycles. The Kier molecular flexibility index (Phi) is 6.35. The number of nitrogens with zero attached hydrogens (tertiary/aromatic N) is 1. The van der Waals surface area contributed by atoms with Gasteiger partial charge >= 0.3 is 5.97 Å². The fourth-order valence-corrected chi connectivity index (χ4v) is 4.69. The number of ether oxygens (including phenoxy) is 2. The summed E-state index contributed by atoms with van der Waals surface area (Å²) in [6, 6.07) is 13.6. The lowest BCUT2D eigenvalue weighted by molar-refractivity contribution is -0.139. The van der Waals surface area contributed by atoms with Crippen LogP contribution < -0.4 is 15.2 Å². The maximum atomic E-state index is 12.4. The van der Waals surface area contributed by atoms with Gasteiger partial charge in [0.25, 0.3) is 0 Å². The number of aromatic nitrogens is 1. The van der Waals surface area contributed by atoms with E-state index in [1.165, 1.54) is 0 Å². The van der Waals surface area contributed by atoms with Gasteiger partial charge < -0.3 is 24.9 Å². The predicted molar refractivity (Wildman–Crippen MR) is 121 cm³/mol. The summed E-state index contributed by atoms with van der Waals surface area (Å²) < 4.78 is 13.5. The highest BCUT2D eigenvalue weighted by Crippen LogP contribution is 2.42. The molecule has 0 spiro atoms. The zero-order valence-corrected chi connectivity index (χ0v) is 18.2. The van der Waals surface area contributed by atoms with Crippen molar-refractivity contribution < 1.29 is 24.2 Å². The van der Waals surface area contributed by atoms with Crippen molar-refractivity contribution in [2.45, 2.75) is 45.1 Å². The van der Waals surface area contributed by atoms with Crippen molar-refractivity contribution in [2.24, 2.45) is 5.73 Å². The van der Waals surface area contributed by atoms with E-state index >= 15 is 0 Å². The van der Waals surface area contributed by atoms with Crippen LogP contribution in [-0.2, 0) is 22.6 Å². The molecule has 1 unspecified atom stereocenters. The maximum absolute atomic E-state index is 12.4. The van der Waals surface area contributed by atoms with E-state index in [4.69, 9.17) is 20.3 Å². The van der Waals surface area contributed by atoms with Gasteiger partial charge in [-0.05, 0) is 61.6 Å². The molecule has 0 bridgehead atoms. The van der Waals surface area contributed by atoms with Crippen molar-refractivity contribution in [1.29, 1.82) is 0 Å². The van der Waals surface area contributed by atoms with Gasteiger partial charge in [-0.15, -0.1) is 0 Å². The Bertz CT molecular complexity index is 1150. The second kappa shape index (κ2) is 9.34. The number of aliphatic carboxylic acids is 1. The van der Waals surface area contributed by atoms with E-state index < -0.39 is 18.5 Å². The molecule has 0 saturated heterocycles. The van der Waals surface area contributed by atoms with Crippen LogP contribution in [-0.4, -0.2) is 34.8 Å². The van der Waals surface area contributed by atoms with Crippen molar-refractivity contribution in [1.82, 2.24) is 4.57 Å². The first-order chi connectivity index (χ1) is 15.5. The molecule has 32 heavy (non-hydrogen) atoms. The van der Waals surface area contributed by atoms with Crippen LogP contribution >= 0.6 is 0 Å². The molecule has 1 atom stereocenters. The number of benzene rings is 2. The van der Waals surface area contributed by atoms with E-state index in [1.54, 1.807) is 6.07 Å². The smallest absolute Gasteiger partial charge is 0.341 e. The van der Waals surface area contributed by atoms with Gasteiger partial charge in [-0.2, -0.15) is 0 Å². The van der Waals surface area contributed by atoms with Gasteiger partial charge in [-0.1, -0.05) is 24.6 Å². The molecular weight excluding hydrogens is 408 g/mol. The van der Waals surface area contributed by atoms with Crippen molar-refractivity contribution >= 4 is 22.8 Å². The van der Waals surface area contributed by atoms with E-state index in [0.29, 0.717) is 25.3 Å². The Hall–Kier alpha value is -3.48. The highest BCUT2D eigenvalue weighted by molar-refractivity contribution is 5.97. The van der Waals surface area contributed by atoms with Crippen LogP contribution in [0.2, 0.25) is 0 Å². The van der Waals surface area contributed by atoms with Gasteiger partial charge in [-0.3, -0.25) is 4.79 Å². The summed E-state index contributed by atoms with van der Waals surface area (Å²) in [6.45, 7) is 2.70. The summed E-state index contributed by atoms with van der Waals surface area (Å²) in [5.41, 5.74) is 9.76. The molecule has 7 heteroatoms. The van der Waals surface area contributed by atoms with Gasteiger partial charge in [-0.25, -0.2) is 4.79 Å². The topological polar surface area (TPSA) is 104 Å². The fraction of sp³-hybridized carbons (Fsp3) is 0.360. The maximum Gasteiger partial charge on any atom is 0.341 e. The summed E-state index contributed by atoms with van der Waals surface area (Å²) >= 11 is 0. The SMILES string of the molecule is CCOc1cccc(Cn2c3c(c4c(OCC(=O)O)cccc42)C(C(N)=O)CCCC3)c1. The minimum absolute atomic E-state index is 0.362. The predicted octanol–water partition coefficient (Wildman–Crippen LogP) is 3.85. The molecule has 1 aliphatic carbocycles. The number of nitrogens with two attached hydrogens (primary N) is 1. The third kappa shape index (κ3) is 4.28. The quantitative estimate of drug-likeness (QED) is 0.522. The van der Waals surface area contributed by atoms with E-state index in [0.717, 1.165) is 52.7 Å². The minimum Gasteiger partial charge on any atom is -0.494 e. The van der Waals surface area contributed by atoms with Crippen molar-refractivity contribution in [3.63, 3.8) is 0 Å². The Labute approximate surface area is 186 Å². The molecule has 1 amide bonds. The third-order valence-electron chi connectivity index (χ3n) is 5.95. The van der Waals surface area contributed by atoms with E-state index in [2.05, 4.69) is 4.57 Å². The number of carboxylic acids is 1. The standard InChI is InChI=1S/C25H28N2O5/c1-2-31-17-8-5-7-16(13-17)14-27-19-10-4-3-9-18(25(26)30)23(19)24-20(27)11-6-12-21(24)32-15-22(28)29/h5-8,11-13,18H,2-4,9-10,14-15H2,1H3,(H2,26,30)(H,28,29). The van der Waals surface area contributed by atoms with E-state index in [9.17, 15) is 9.59 Å². The molecule has 0 aliphatic heterocycles. The molecule has 2 aromatic carbocycles. The number of hydrogen-bond acceptors (Lipinski definition) is 4. The average Bonchev–Trinajstić information content (AvgIpc) is 2.92. The summed E-state index contributed by atoms with van der Waals surface area (Å²) in [4.78, 5) is 23.6. The number of carboxylic acid groups (broad SMARTS) is 1. The Morgan fingerprint density at radius 1 is 1.16 bits per heavy atom. The summed E-state index contributed by atoms with van der Waals surface area (Å²) in [5.74, 6) is -0.560. The van der Waals surface area contributed by atoms with Crippen LogP contribution in [0.3, 0.4) is 0 Å². The lowest BCUT2D eigenvalue weighted by atomic mass is 9.92. The van der Waals surface area contributed by atoms with Crippen LogP contribution in [0.15, 0.2) is 42.5 Å². The van der Waals surface area contributed by atoms with Crippen molar-refractivity contribution in [2.75, 3.05) is 13.2 Å². The van der Waals surface area contributed by atoms with Crippen molar-refractivity contribution in [3.8, 4) is 11.5 Å². The number of rotatable bonds is 8. The van der Waals surface area contributed by atoms with Gasteiger partial charge in [0.15, 0.2) is 6.61 Å². The number of carbonyl (C=O) groups excluding carboxylic acids is 1. The molecule has 168 valence electrons. The number of amides is 1. The molecule has 1 aromatic heterocycles.